The van der Waals surface area contributed by atoms with E-state index in [1.165, 1.54) is 50.7 Å². The van der Waals surface area contributed by atoms with Crippen molar-refractivity contribution < 1.29 is 48.1 Å². The van der Waals surface area contributed by atoms with Crippen LogP contribution >= 0.6 is 0 Å². The second kappa shape index (κ2) is 15.1. The zero-order chi connectivity index (χ0) is 24.8. The van der Waals surface area contributed by atoms with Gasteiger partial charge in [-0.25, -0.2) is 0 Å². The van der Waals surface area contributed by atoms with E-state index in [4.69, 9.17) is 5.32 Å². The van der Waals surface area contributed by atoms with E-state index in [-0.39, 0.29) is 30.9 Å². The summed E-state index contributed by atoms with van der Waals surface area (Å²) in [5.74, 6) is 0.915. The van der Waals surface area contributed by atoms with Crippen LogP contribution in [0.4, 0.5) is 5.69 Å². The van der Waals surface area contributed by atoms with Gasteiger partial charge in [0.05, 0.1) is 0 Å². The SMILES string of the molecule is CC(C)c1cccc(C(C)C)c1[N-]C1c2ccccc2-c2ccccc21.[Cl-].[Cl-].[Zr+2]=[Si]Cc1ccccc1. The van der Waals surface area contributed by atoms with Gasteiger partial charge in [-0.2, -0.15) is 0 Å². The second-order valence-corrected chi connectivity index (χ2v) is 13.0. The van der Waals surface area contributed by atoms with Crippen LogP contribution in [0, 0.1) is 0 Å². The second-order valence-electron chi connectivity index (χ2n) is 9.64. The summed E-state index contributed by atoms with van der Waals surface area (Å²) in [6.45, 7) is 9.04. The average molecular weight is 622 g/mol. The fourth-order valence-corrected chi connectivity index (χ4v) is 6.70. The zero-order valence-electron chi connectivity index (χ0n) is 21.9. The first kappa shape index (κ1) is 31.6. The van der Waals surface area contributed by atoms with Crippen LogP contribution in [-0.4, -0.2) is 6.16 Å². The summed E-state index contributed by atoms with van der Waals surface area (Å²) in [5, 5.41) is 5.38. The van der Waals surface area contributed by atoms with Crippen LogP contribution in [0.2, 0.25) is 0 Å². The Labute approximate surface area is 251 Å². The van der Waals surface area contributed by atoms with Gasteiger partial charge in [-0.15, -0.1) is 5.69 Å². The van der Waals surface area contributed by atoms with E-state index in [2.05, 4.69) is 125 Å². The van der Waals surface area contributed by atoms with Gasteiger partial charge < -0.3 is 30.1 Å². The van der Waals surface area contributed by atoms with Crippen LogP contribution < -0.4 is 24.8 Å². The van der Waals surface area contributed by atoms with Crippen molar-refractivity contribution in [1.82, 2.24) is 0 Å². The molecule has 1 aliphatic carbocycles. The van der Waals surface area contributed by atoms with E-state index >= 15 is 0 Å². The van der Waals surface area contributed by atoms with Crippen LogP contribution in [0.15, 0.2) is 97.1 Å². The van der Waals surface area contributed by atoms with E-state index < -0.39 is 0 Å². The third-order valence-electron chi connectivity index (χ3n) is 6.54. The Balaban J connectivity index is 0.000000375. The third kappa shape index (κ3) is 7.48. The minimum absolute atomic E-state index is 0. The summed E-state index contributed by atoms with van der Waals surface area (Å²) in [4.78, 5) is 0. The van der Waals surface area contributed by atoms with E-state index in [1.807, 2.05) is 0 Å². The molecule has 1 radical (unpaired) electrons. The van der Waals surface area contributed by atoms with Gasteiger partial charge in [-0.05, 0) is 23.0 Å². The molecule has 0 aliphatic heterocycles. The standard InChI is InChI=1S/C25H26N.C7H7Si.2ClH.Zr/c1-16(2)18-14-9-15-19(17(3)4)24(18)26-25-22-12-7-5-10-20(22)21-11-6-8-13-23(21)25;8-6-7-4-2-1-3-5-7;;;/h5-17,25H,1-4H3;1-5H,6H2;2*1H;/q-1;;;;+2/p-2. The molecule has 0 N–H and O–H groups in total. The van der Waals surface area contributed by atoms with Crippen molar-refractivity contribution in [3.63, 3.8) is 0 Å². The number of halogens is 2. The number of fused-ring (bicyclic) bond motifs is 3. The van der Waals surface area contributed by atoms with E-state index in [9.17, 15) is 0 Å². The molecule has 0 amide bonds. The molecule has 0 heterocycles. The first-order valence-electron chi connectivity index (χ1n) is 12.5. The molecule has 37 heavy (non-hydrogen) atoms. The fraction of sp³-hybridized carbons (Fsp3) is 0.250. The van der Waals surface area contributed by atoms with Crippen LogP contribution in [0.25, 0.3) is 16.4 Å². The van der Waals surface area contributed by atoms with Gasteiger partial charge in [-0.1, -0.05) is 123 Å². The molecule has 189 valence electrons. The van der Waals surface area contributed by atoms with Gasteiger partial charge in [0.1, 0.15) is 0 Å². The molecule has 0 bridgehead atoms. The number of para-hydroxylation sites is 1. The molecular weight excluding hydrogens is 589 g/mol. The molecule has 4 aromatic rings. The Morgan fingerprint density at radius 1 is 0.649 bits per heavy atom. The van der Waals surface area contributed by atoms with Crippen molar-refractivity contribution in [3.05, 3.63) is 130 Å². The van der Waals surface area contributed by atoms with Gasteiger partial charge in [0, 0.05) is 0 Å². The molecular formula is C32H33Cl2NSiZr-. The Kier molecular flexibility index (Phi) is 12.9. The van der Waals surface area contributed by atoms with Crippen LogP contribution in [0.5, 0.6) is 0 Å². The van der Waals surface area contributed by atoms with Crippen molar-refractivity contribution in [2.24, 2.45) is 0 Å². The summed E-state index contributed by atoms with van der Waals surface area (Å²) < 4.78 is 0. The maximum absolute atomic E-state index is 5.38. The first-order chi connectivity index (χ1) is 17.0. The zero-order valence-corrected chi connectivity index (χ0v) is 26.8. The van der Waals surface area contributed by atoms with E-state index in [0.717, 1.165) is 6.16 Å². The van der Waals surface area contributed by atoms with Gasteiger partial charge in [0.25, 0.3) is 0 Å². The predicted octanol–water partition coefficient (Wildman–Crippen LogP) is 3.07. The van der Waals surface area contributed by atoms with Crippen molar-refractivity contribution >= 4 is 11.8 Å². The molecule has 1 nitrogen and oxygen atoms in total. The van der Waals surface area contributed by atoms with Crippen LogP contribution in [0.3, 0.4) is 0 Å². The quantitative estimate of drug-likeness (QED) is 0.294. The summed E-state index contributed by atoms with van der Waals surface area (Å²) >= 11 is 1.66. The van der Waals surface area contributed by atoms with Crippen molar-refractivity contribution in [2.45, 2.75) is 51.6 Å². The summed E-state index contributed by atoms with van der Waals surface area (Å²) in [6, 6.07) is 36.1. The molecule has 0 aromatic heterocycles. The first-order valence-corrected chi connectivity index (χ1v) is 17.4. The van der Waals surface area contributed by atoms with Gasteiger partial charge in [0.2, 0.25) is 0 Å². The van der Waals surface area contributed by atoms with Crippen molar-refractivity contribution in [1.29, 1.82) is 0 Å². The number of nitrogens with zero attached hydrogens (tertiary/aromatic N) is 1. The third-order valence-corrected chi connectivity index (χ3v) is 8.43. The molecule has 0 spiro atoms. The molecule has 0 saturated heterocycles. The van der Waals surface area contributed by atoms with Crippen LogP contribution in [-0.2, 0) is 29.4 Å². The summed E-state index contributed by atoms with van der Waals surface area (Å²) in [6.07, 6.45) is 1.13. The van der Waals surface area contributed by atoms with Crippen molar-refractivity contribution in [2.75, 3.05) is 0 Å². The van der Waals surface area contributed by atoms with E-state index in [1.54, 1.807) is 23.3 Å². The Morgan fingerprint density at radius 2 is 1.11 bits per heavy atom. The molecule has 0 atom stereocenters. The van der Waals surface area contributed by atoms with E-state index in [0.29, 0.717) is 11.8 Å². The van der Waals surface area contributed by atoms with Crippen molar-refractivity contribution in [3.8, 4) is 11.1 Å². The molecule has 1 aliphatic rings. The number of hydrogen-bond acceptors (Lipinski definition) is 0. The summed E-state index contributed by atoms with van der Waals surface area (Å²) in [5.41, 5.74) is 10.6. The topological polar surface area (TPSA) is 14.1 Å². The number of rotatable bonds is 6. The predicted molar refractivity (Wildman–Crippen MR) is 147 cm³/mol. The molecule has 0 unspecified atom stereocenters. The normalized spacial score (nSPS) is 11.5. The average Bonchev–Trinajstić information content (AvgIpc) is 3.19. The number of benzene rings is 4. The Hall–Kier alpha value is -1.64. The molecule has 0 fully saturated rings. The van der Waals surface area contributed by atoms with Gasteiger partial charge >= 0.3 is 71.4 Å². The molecule has 4 aromatic carbocycles. The maximum atomic E-state index is 5.38. The Morgan fingerprint density at radius 3 is 1.57 bits per heavy atom. The number of hydrogen-bond donors (Lipinski definition) is 0. The van der Waals surface area contributed by atoms with Gasteiger partial charge in [0.15, 0.2) is 0 Å². The monoisotopic (exact) mass is 619 g/mol. The molecule has 0 saturated carbocycles. The minimum atomic E-state index is 0. The Bertz CT molecular complexity index is 1220. The molecule has 5 heteroatoms. The molecule has 5 rings (SSSR count). The summed E-state index contributed by atoms with van der Waals surface area (Å²) in [7, 11) is 0. The fourth-order valence-electron chi connectivity index (χ4n) is 4.76. The van der Waals surface area contributed by atoms with Crippen LogP contribution in [0.1, 0.15) is 73.4 Å². The van der Waals surface area contributed by atoms with Gasteiger partial charge in [-0.3, -0.25) is 0 Å².